The van der Waals surface area contributed by atoms with Crippen LogP contribution in [0.1, 0.15) is 5.56 Å². The molecule has 2 aromatic rings. The first-order valence-corrected chi connectivity index (χ1v) is 6.46. The molecule has 7 nitrogen and oxygen atoms in total. The number of benzene rings is 1. The highest BCUT2D eigenvalue weighted by Crippen LogP contribution is 2.23. The summed E-state index contributed by atoms with van der Waals surface area (Å²) >= 11 is 5.94. The third kappa shape index (κ3) is 3.80. The van der Waals surface area contributed by atoms with E-state index in [1.54, 1.807) is 18.0 Å². The molecule has 2 rings (SSSR count). The van der Waals surface area contributed by atoms with E-state index in [0.717, 1.165) is 5.56 Å². The third-order valence-corrected chi connectivity index (χ3v) is 3.09. The zero-order chi connectivity index (χ0) is 15.4. The molecule has 1 aromatic heterocycles. The van der Waals surface area contributed by atoms with Gasteiger partial charge in [-0.15, -0.1) is 0 Å². The van der Waals surface area contributed by atoms with Crippen molar-refractivity contribution in [2.24, 2.45) is 5.84 Å². The van der Waals surface area contributed by atoms with E-state index in [9.17, 15) is 10.1 Å². The lowest BCUT2D eigenvalue weighted by atomic mass is 10.2. The summed E-state index contributed by atoms with van der Waals surface area (Å²) in [6.07, 6.45) is 0. The van der Waals surface area contributed by atoms with Gasteiger partial charge in [-0.05, 0) is 17.7 Å². The first-order valence-electron chi connectivity index (χ1n) is 6.08. The largest absolute Gasteiger partial charge is 0.355 e. The molecule has 21 heavy (non-hydrogen) atoms. The molecule has 0 bridgehead atoms. The summed E-state index contributed by atoms with van der Waals surface area (Å²) in [6, 6.07) is 10.0. The molecule has 0 aliphatic heterocycles. The molecule has 0 atom stereocenters. The quantitative estimate of drug-likeness (QED) is 0.500. The van der Waals surface area contributed by atoms with Gasteiger partial charge >= 0.3 is 0 Å². The number of hydrogen-bond acceptors (Lipinski definition) is 6. The Morgan fingerprint density at radius 1 is 1.43 bits per heavy atom. The van der Waals surface area contributed by atoms with E-state index >= 15 is 0 Å². The second-order valence-corrected chi connectivity index (χ2v) is 4.89. The van der Waals surface area contributed by atoms with Gasteiger partial charge in [0.1, 0.15) is 11.6 Å². The van der Waals surface area contributed by atoms with Crippen LogP contribution in [-0.4, -0.2) is 17.0 Å². The van der Waals surface area contributed by atoms with E-state index < -0.39 is 4.92 Å². The average Bonchev–Trinajstić information content (AvgIpc) is 2.46. The molecule has 0 saturated heterocycles. The second-order valence-electron chi connectivity index (χ2n) is 4.46. The van der Waals surface area contributed by atoms with Crippen LogP contribution in [0.25, 0.3) is 0 Å². The Morgan fingerprint density at radius 3 is 2.81 bits per heavy atom. The van der Waals surface area contributed by atoms with E-state index in [1.807, 2.05) is 18.2 Å². The second kappa shape index (κ2) is 6.38. The highest BCUT2D eigenvalue weighted by molar-refractivity contribution is 6.30. The minimum atomic E-state index is -0.487. The van der Waals surface area contributed by atoms with Gasteiger partial charge < -0.3 is 10.3 Å². The summed E-state index contributed by atoms with van der Waals surface area (Å²) in [4.78, 5) is 16.4. The molecule has 110 valence electrons. The number of anilines is 2. The van der Waals surface area contributed by atoms with Crippen LogP contribution >= 0.6 is 11.6 Å². The van der Waals surface area contributed by atoms with Gasteiger partial charge in [-0.2, -0.15) is 0 Å². The van der Waals surface area contributed by atoms with Crippen molar-refractivity contribution in [3.05, 3.63) is 57.1 Å². The molecule has 1 aromatic carbocycles. The summed E-state index contributed by atoms with van der Waals surface area (Å²) < 4.78 is 0. The lowest BCUT2D eigenvalue weighted by Gasteiger charge is -2.19. The predicted octanol–water partition coefficient (Wildman–Crippen LogP) is 2.57. The normalized spacial score (nSPS) is 10.2. The molecule has 0 unspecified atom stereocenters. The van der Waals surface area contributed by atoms with Gasteiger partial charge in [-0.25, -0.2) is 10.8 Å². The van der Waals surface area contributed by atoms with Gasteiger partial charge in [-0.3, -0.25) is 10.1 Å². The number of halogens is 1. The summed E-state index contributed by atoms with van der Waals surface area (Å²) in [6.45, 7) is 0.513. The monoisotopic (exact) mass is 307 g/mol. The number of nitrogens with one attached hydrogen (secondary N) is 1. The van der Waals surface area contributed by atoms with Crippen molar-refractivity contribution in [1.29, 1.82) is 0 Å². The van der Waals surface area contributed by atoms with Crippen LogP contribution in [0.15, 0.2) is 36.4 Å². The predicted molar refractivity (Wildman–Crippen MR) is 82.3 cm³/mol. The number of hydrazine groups is 1. The number of nitrogen functional groups attached to an aromatic ring is 1. The average molecular weight is 308 g/mol. The summed E-state index contributed by atoms with van der Waals surface area (Å²) in [5.41, 5.74) is 3.22. The standard InChI is InChI=1S/C13H14ClN5O2/c1-18(8-9-3-2-4-10(14)5-9)13-7-11(19(20)21)6-12(16-13)17-15/h2-7H,8,15H2,1H3,(H,16,17). The molecular weight excluding hydrogens is 294 g/mol. The molecule has 0 saturated carbocycles. The van der Waals surface area contributed by atoms with Crippen LogP contribution < -0.4 is 16.2 Å². The SMILES string of the molecule is CN(Cc1cccc(Cl)c1)c1cc([N+](=O)[O-])cc(NN)n1. The van der Waals surface area contributed by atoms with Gasteiger partial charge in [0.15, 0.2) is 0 Å². The van der Waals surface area contributed by atoms with E-state index in [-0.39, 0.29) is 11.5 Å². The van der Waals surface area contributed by atoms with Crippen LogP contribution in [0.3, 0.4) is 0 Å². The highest BCUT2D eigenvalue weighted by Gasteiger charge is 2.13. The Morgan fingerprint density at radius 2 is 2.19 bits per heavy atom. The Kier molecular flexibility index (Phi) is 4.56. The topological polar surface area (TPSA) is 97.3 Å². The van der Waals surface area contributed by atoms with E-state index in [1.165, 1.54) is 12.1 Å². The Bertz CT molecular complexity index is 665. The maximum absolute atomic E-state index is 10.9. The van der Waals surface area contributed by atoms with Crippen LogP contribution in [-0.2, 0) is 6.54 Å². The van der Waals surface area contributed by atoms with E-state index in [0.29, 0.717) is 17.4 Å². The van der Waals surface area contributed by atoms with Gasteiger partial charge in [0, 0.05) is 18.6 Å². The number of rotatable bonds is 5. The smallest absolute Gasteiger partial charge is 0.276 e. The summed E-state index contributed by atoms with van der Waals surface area (Å²) in [7, 11) is 1.78. The lowest BCUT2D eigenvalue weighted by Crippen LogP contribution is -2.19. The molecule has 0 spiro atoms. The Labute approximate surface area is 126 Å². The van der Waals surface area contributed by atoms with Crippen molar-refractivity contribution >= 4 is 28.9 Å². The van der Waals surface area contributed by atoms with E-state index in [4.69, 9.17) is 17.4 Å². The lowest BCUT2D eigenvalue weighted by molar-refractivity contribution is -0.384. The van der Waals surface area contributed by atoms with Crippen LogP contribution in [0.4, 0.5) is 17.3 Å². The number of pyridine rings is 1. The number of hydrogen-bond donors (Lipinski definition) is 2. The number of aromatic nitrogens is 1. The van der Waals surface area contributed by atoms with Crippen molar-refractivity contribution in [2.45, 2.75) is 6.54 Å². The summed E-state index contributed by atoms with van der Waals surface area (Å²) in [5.74, 6) is 5.96. The first-order chi connectivity index (χ1) is 9.99. The maximum Gasteiger partial charge on any atom is 0.276 e. The Hall–Kier alpha value is -2.38. The molecular formula is C13H14ClN5O2. The van der Waals surface area contributed by atoms with Gasteiger partial charge in [0.05, 0.1) is 17.1 Å². The summed E-state index contributed by atoms with van der Waals surface area (Å²) in [5, 5.41) is 11.6. The minimum Gasteiger partial charge on any atom is -0.355 e. The van der Waals surface area contributed by atoms with E-state index in [2.05, 4.69) is 10.4 Å². The van der Waals surface area contributed by atoms with Gasteiger partial charge in [0.25, 0.3) is 5.69 Å². The molecule has 0 aliphatic rings. The van der Waals surface area contributed by atoms with Crippen LogP contribution in [0, 0.1) is 10.1 Å². The maximum atomic E-state index is 10.9. The van der Waals surface area contributed by atoms with Crippen molar-refractivity contribution in [3.8, 4) is 0 Å². The molecule has 0 amide bonds. The van der Waals surface area contributed by atoms with Crippen molar-refractivity contribution < 1.29 is 4.92 Å². The Balaban J connectivity index is 2.27. The first kappa shape index (κ1) is 15.0. The van der Waals surface area contributed by atoms with Gasteiger partial charge in [0.2, 0.25) is 0 Å². The fourth-order valence-corrected chi connectivity index (χ4v) is 2.08. The molecule has 0 radical (unpaired) electrons. The van der Waals surface area contributed by atoms with Crippen molar-refractivity contribution in [3.63, 3.8) is 0 Å². The van der Waals surface area contributed by atoms with Crippen molar-refractivity contribution in [2.75, 3.05) is 17.4 Å². The molecule has 3 N–H and O–H groups in total. The van der Waals surface area contributed by atoms with Crippen LogP contribution in [0.2, 0.25) is 5.02 Å². The fraction of sp³-hybridized carbons (Fsp3) is 0.154. The number of nitro groups is 1. The van der Waals surface area contributed by atoms with Crippen LogP contribution in [0.5, 0.6) is 0 Å². The van der Waals surface area contributed by atoms with Crippen molar-refractivity contribution in [1.82, 2.24) is 4.98 Å². The van der Waals surface area contributed by atoms with Gasteiger partial charge in [-0.1, -0.05) is 23.7 Å². The third-order valence-electron chi connectivity index (χ3n) is 2.86. The number of nitrogens with two attached hydrogens (primary N) is 1. The number of nitrogens with zero attached hydrogens (tertiary/aromatic N) is 3. The zero-order valence-electron chi connectivity index (χ0n) is 11.3. The molecule has 0 aliphatic carbocycles. The fourth-order valence-electron chi connectivity index (χ4n) is 1.87. The zero-order valence-corrected chi connectivity index (χ0v) is 12.0. The molecule has 1 heterocycles. The highest BCUT2D eigenvalue weighted by atomic mass is 35.5. The molecule has 8 heteroatoms. The molecule has 0 fully saturated rings. The minimum absolute atomic E-state index is 0.0779.